The first-order valence-corrected chi connectivity index (χ1v) is 11.8. The van der Waals surface area contributed by atoms with Crippen LogP contribution in [-0.2, 0) is 24.3 Å². The summed E-state index contributed by atoms with van der Waals surface area (Å²) in [5.41, 5.74) is 4.94. The van der Waals surface area contributed by atoms with Gasteiger partial charge in [0.05, 0.1) is 0 Å². The molecule has 0 aromatic heterocycles. The van der Waals surface area contributed by atoms with E-state index in [9.17, 15) is 4.79 Å². The third-order valence-corrected chi connectivity index (χ3v) is 7.19. The number of ether oxygens (including phenoxy) is 1. The third kappa shape index (κ3) is 4.72. The average Bonchev–Trinajstić information content (AvgIpc) is 3.38. The molecule has 2 fully saturated rings. The standard InChI is InChI=1S/C26H33N3O2/c30-26(31-20-21-6-2-1-3-7-21)29-13-12-22-10-11-25(18-23(22)19-29)28-16-14-27(15-17-28)24-8-4-5-9-24/h1-3,6-7,10-11,18,24H,4-5,8-9,12-17,19-20H2. The van der Waals surface area contributed by atoms with Crippen LogP contribution in [0.15, 0.2) is 48.5 Å². The van der Waals surface area contributed by atoms with E-state index in [0.29, 0.717) is 13.2 Å². The second-order valence-corrected chi connectivity index (χ2v) is 9.13. The van der Waals surface area contributed by atoms with Crippen molar-refractivity contribution in [2.24, 2.45) is 0 Å². The number of fused-ring (bicyclic) bond motifs is 1. The minimum atomic E-state index is -0.218. The second-order valence-electron chi connectivity index (χ2n) is 9.13. The Morgan fingerprint density at radius 2 is 1.68 bits per heavy atom. The Labute approximate surface area is 185 Å². The topological polar surface area (TPSA) is 36.0 Å². The van der Waals surface area contributed by atoms with E-state index in [1.165, 1.54) is 55.6 Å². The van der Waals surface area contributed by atoms with E-state index in [-0.39, 0.29) is 6.09 Å². The van der Waals surface area contributed by atoms with Gasteiger partial charge in [0, 0.05) is 51.0 Å². The molecule has 2 aliphatic heterocycles. The highest BCUT2D eigenvalue weighted by Crippen LogP contribution is 2.28. The molecule has 0 unspecified atom stereocenters. The van der Waals surface area contributed by atoms with Gasteiger partial charge in [0.15, 0.2) is 0 Å². The van der Waals surface area contributed by atoms with E-state index >= 15 is 0 Å². The summed E-state index contributed by atoms with van der Waals surface area (Å²) in [5, 5.41) is 0. The van der Waals surface area contributed by atoms with Crippen molar-refractivity contribution in [1.29, 1.82) is 0 Å². The molecule has 31 heavy (non-hydrogen) atoms. The highest BCUT2D eigenvalue weighted by atomic mass is 16.6. The average molecular weight is 420 g/mol. The number of rotatable bonds is 4. The molecule has 2 heterocycles. The third-order valence-electron chi connectivity index (χ3n) is 7.19. The Morgan fingerprint density at radius 1 is 0.903 bits per heavy atom. The first kappa shape index (κ1) is 20.4. The summed E-state index contributed by atoms with van der Waals surface area (Å²) in [7, 11) is 0. The summed E-state index contributed by atoms with van der Waals surface area (Å²) in [6.45, 7) is 6.21. The molecule has 0 spiro atoms. The van der Waals surface area contributed by atoms with Gasteiger partial charge < -0.3 is 14.5 Å². The van der Waals surface area contributed by atoms with E-state index in [2.05, 4.69) is 28.0 Å². The van der Waals surface area contributed by atoms with Crippen LogP contribution < -0.4 is 4.90 Å². The summed E-state index contributed by atoms with van der Waals surface area (Å²) in [6.07, 6.45) is 6.25. The SMILES string of the molecule is O=C(OCc1ccccc1)N1CCc2ccc(N3CCN(C4CCCC4)CC3)cc2C1. The van der Waals surface area contributed by atoms with Gasteiger partial charge in [-0.1, -0.05) is 49.2 Å². The molecule has 1 saturated heterocycles. The Balaban J connectivity index is 1.18. The van der Waals surface area contributed by atoms with Crippen molar-refractivity contribution in [3.63, 3.8) is 0 Å². The maximum Gasteiger partial charge on any atom is 0.410 e. The van der Waals surface area contributed by atoms with Crippen LogP contribution >= 0.6 is 0 Å². The molecule has 2 aromatic carbocycles. The summed E-state index contributed by atoms with van der Waals surface area (Å²) in [6, 6.07) is 17.5. The molecule has 0 N–H and O–H groups in total. The molecule has 5 rings (SSSR count). The smallest absolute Gasteiger partial charge is 0.410 e. The van der Waals surface area contributed by atoms with E-state index in [0.717, 1.165) is 37.7 Å². The lowest BCUT2D eigenvalue weighted by Crippen LogP contribution is -2.49. The zero-order valence-corrected chi connectivity index (χ0v) is 18.3. The van der Waals surface area contributed by atoms with Crippen molar-refractivity contribution < 1.29 is 9.53 Å². The highest BCUT2D eigenvalue weighted by Gasteiger charge is 2.27. The largest absolute Gasteiger partial charge is 0.445 e. The van der Waals surface area contributed by atoms with Crippen LogP contribution in [0.5, 0.6) is 0 Å². The van der Waals surface area contributed by atoms with Crippen molar-refractivity contribution in [2.75, 3.05) is 37.6 Å². The monoisotopic (exact) mass is 419 g/mol. The van der Waals surface area contributed by atoms with Crippen molar-refractivity contribution >= 4 is 11.8 Å². The van der Waals surface area contributed by atoms with Crippen LogP contribution in [0.25, 0.3) is 0 Å². The van der Waals surface area contributed by atoms with Gasteiger partial charge in [0.2, 0.25) is 0 Å². The van der Waals surface area contributed by atoms with Gasteiger partial charge in [-0.2, -0.15) is 0 Å². The number of amides is 1. The number of hydrogen-bond acceptors (Lipinski definition) is 4. The van der Waals surface area contributed by atoms with Crippen LogP contribution in [0.4, 0.5) is 10.5 Å². The Bertz CT molecular complexity index is 887. The van der Waals surface area contributed by atoms with Crippen LogP contribution in [0.1, 0.15) is 42.4 Å². The minimum Gasteiger partial charge on any atom is -0.445 e. The van der Waals surface area contributed by atoms with Crippen LogP contribution in [0.2, 0.25) is 0 Å². The lowest BCUT2D eigenvalue weighted by Gasteiger charge is -2.39. The van der Waals surface area contributed by atoms with E-state index in [1.54, 1.807) is 0 Å². The molecule has 1 amide bonds. The van der Waals surface area contributed by atoms with Gasteiger partial charge in [-0.05, 0) is 48.1 Å². The van der Waals surface area contributed by atoms with Gasteiger partial charge in [-0.3, -0.25) is 4.90 Å². The van der Waals surface area contributed by atoms with E-state index < -0.39 is 0 Å². The summed E-state index contributed by atoms with van der Waals surface area (Å²) in [4.78, 5) is 19.7. The maximum atomic E-state index is 12.6. The van der Waals surface area contributed by atoms with Gasteiger partial charge in [-0.25, -0.2) is 4.79 Å². The zero-order valence-electron chi connectivity index (χ0n) is 18.3. The Morgan fingerprint density at radius 3 is 2.45 bits per heavy atom. The first-order chi connectivity index (χ1) is 15.3. The van der Waals surface area contributed by atoms with Gasteiger partial charge >= 0.3 is 6.09 Å². The molecule has 1 aliphatic carbocycles. The van der Waals surface area contributed by atoms with Crippen molar-refractivity contribution in [3.8, 4) is 0 Å². The second kappa shape index (κ2) is 9.31. The number of carbonyl (C=O) groups is 1. The Hall–Kier alpha value is -2.53. The molecule has 1 saturated carbocycles. The molecular weight excluding hydrogens is 386 g/mol. The molecule has 0 bridgehead atoms. The fourth-order valence-electron chi connectivity index (χ4n) is 5.32. The van der Waals surface area contributed by atoms with Crippen LogP contribution in [0, 0.1) is 0 Å². The van der Waals surface area contributed by atoms with Crippen LogP contribution in [-0.4, -0.2) is 54.7 Å². The lowest BCUT2D eigenvalue weighted by atomic mass is 9.99. The predicted molar refractivity (Wildman–Crippen MR) is 123 cm³/mol. The normalized spacial score (nSPS) is 20.0. The summed E-state index contributed by atoms with van der Waals surface area (Å²) >= 11 is 0. The van der Waals surface area contributed by atoms with Gasteiger partial charge in [0.25, 0.3) is 0 Å². The van der Waals surface area contributed by atoms with E-state index in [1.807, 2.05) is 35.2 Å². The molecule has 2 aromatic rings. The number of hydrogen-bond donors (Lipinski definition) is 0. The summed E-state index contributed by atoms with van der Waals surface area (Å²) in [5.74, 6) is 0. The number of anilines is 1. The molecule has 0 atom stereocenters. The number of carbonyl (C=O) groups excluding carboxylic acids is 1. The Kier molecular flexibility index (Phi) is 6.12. The number of piperazine rings is 1. The first-order valence-electron chi connectivity index (χ1n) is 11.8. The molecule has 164 valence electrons. The predicted octanol–water partition coefficient (Wildman–Crippen LogP) is 4.45. The minimum absolute atomic E-state index is 0.218. The van der Waals surface area contributed by atoms with Crippen LogP contribution in [0.3, 0.4) is 0 Å². The molecule has 5 heteroatoms. The van der Waals surface area contributed by atoms with E-state index in [4.69, 9.17) is 4.74 Å². The highest BCUT2D eigenvalue weighted by molar-refractivity contribution is 5.68. The fraction of sp³-hybridized carbons (Fsp3) is 0.500. The maximum absolute atomic E-state index is 12.6. The molecule has 5 nitrogen and oxygen atoms in total. The zero-order chi connectivity index (χ0) is 21.0. The van der Waals surface area contributed by atoms with Gasteiger partial charge in [0.1, 0.15) is 6.61 Å². The van der Waals surface area contributed by atoms with Crippen molar-refractivity contribution in [3.05, 3.63) is 65.2 Å². The lowest BCUT2D eigenvalue weighted by molar-refractivity contribution is 0.0918. The number of nitrogens with zero attached hydrogens (tertiary/aromatic N) is 3. The molecular formula is C26H33N3O2. The summed E-state index contributed by atoms with van der Waals surface area (Å²) < 4.78 is 5.56. The molecule has 0 radical (unpaired) electrons. The quantitative estimate of drug-likeness (QED) is 0.734. The van der Waals surface area contributed by atoms with Crippen molar-refractivity contribution in [2.45, 2.75) is 51.3 Å². The molecule has 3 aliphatic rings. The van der Waals surface area contributed by atoms with Crippen molar-refractivity contribution in [1.82, 2.24) is 9.80 Å². The van der Waals surface area contributed by atoms with Gasteiger partial charge in [-0.15, -0.1) is 0 Å². The fourth-order valence-corrected chi connectivity index (χ4v) is 5.32. The number of benzene rings is 2.